The van der Waals surface area contributed by atoms with E-state index < -0.39 is 17.7 Å². The van der Waals surface area contributed by atoms with Gasteiger partial charge in [-0.15, -0.1) is 0 Å². The summed E-state index contributed by atoms with van der Waals surface area (Å²) in [5, 5.41) is 14.3. The zero-order valence-corrected chi connectivity index (χ0v) is 19.5. The highest BCUT2D eigenvalue weighted by Gasteiger charge is 2.49. The van der Waals surface area contributed by atoms with Crippen LogP contribution >= 0.6 is 0 Å². The minimum atomic E-state index is -1.35. The van der Waals surface area contributed by atoms with Crippen LogP contribution in [0, 0.1) is 0 Å². The average Bonchev–Trinajstić information content (AvgIpc) is 3.25. The van der Waals surface area contributed by atoms with E-state index in [-0.39, 0.29) is 31.3 Å². The highest BCUT2D eigenvalue weighted by atomic mass is 16.3. The predicted molar refractivity (Wildman–Crippen MR) is 134 cm³/mol. The number of hydrogen-bond acceptors (Lipinski definition) is 6. The maximum atomic E-state index is 13.4. The Hall–Kier alpha value is -3.75. The molecule has 3 atom stereocenters. The van der Waals surface area contributed by atoms with Crippen LogP contribution in [0.5, 0.6) is 0 Å². The Balaban J connectivity index is 1.50. The lowest BCUT2D eigenvalue weighted by Crippen LogP contribution is -2.51. The molecule has 1 saturated heterocycles. The van der Waals surface area contributed by atoms with Crippen molar-refractivity contribution in [2.75, 3.05) is 12.3 Å². The molecule has 0 saturated carbocycles. The summed E-state index contributed by atoms with van der Waals surface area (Å²) >= 11 is 0. The number of nitrogens with zero attached hydrogens (tertiary/aromatic N) is 2. The molecule has 8 nitrogen and oxygen atoms in total. The Morgan fingerprint density at radius 1 is 1.09 bits per heavy atom. The molecule has 0 bridgehead atoms. The number of nitrogens with one attached hydrogen (secondary N) is 1. The molecular weight excluding hydrogens is 442 g/mol. The van der Waals surface area contributed by atoms with Crippen LogP contribution in [-0.4, -0.2) is 45.4 Å². The van der Waals surface area contributed by atoms with Gasteiger partial charge in [-0.3, -0.25) is 9.59 Å². The molecule has 3 unspecified atom stereocenters. The number of nitrogens with two attached hydrogens (primary N) is 2. The van der Waals surface area contributed by atoms with Crippen LogP contribution in [0.15, 0.2) is 79.0 Å². The van der Waals surface area contributed by atoms with E-state index in [9.17, 15) is 14.7 Å². The lowest BCUT2D eigenvalue weighted by molar-refractivity contribution is -0.139. The monoisotopic (exact) mass is 473 g/mol. The first kappa shape index (κ1) is 24.4. The minimum absolute atomic E-state index is 0.00479. The van der Waals surface area contributed by atoms with Crippen LogP contribution < -0.4 is 16.8 Å². The largest absolute Gasteiger partial charge is 0.384 e. The highest BCUT2D eigenvalue weighted by molar-refractivity contribution is 5.90. The fourth-order valence-corrected chi connectivity index (χ4v) is 4.52. The molecule has 1 aliphatic rings. The number of likely N-dealkylation sites (tertiary alicyclic amines) is 1. The zero-order chi connectivity index (χ0) is 24.8. The van der Waals surface area contributed by atoms with E-state index in [2.05, 4.69) is 10.3 Å². The second kappa shape index (κ2) is 10.7. The minimum Gasteiger partial charge on any atom is -0.384 e. The number of pyridine rings is 1. The summed E-state index contributed by atoms with van der Waals surface area (Å²) in [7, 11) is 0. The quantitative estimate of drug-likeness (QED) is 0.394. The third-order valence-corrected chi connectivity index (χ3v) is 6.45. The third-order valence-electron chi connectivity index (χ3n) is 6.45. The second-order valence-electron chi connectivity index (χ2n) is 9.02. The Bertz CT molecular complexity index is 1160. The van der Waals surface area contributed by atoms with Crippen molar-refractivity contribution in [1.29, 1.82) is 0 Å². The maximum Gasteiger partial charge on any atom is 0.243 e. The molecule has 182 valence electrons. The number of carbonyl (C=O) groups excluding carboxylic acids is 2. The first-order valence-corrected chi connectivity index (χ1v) is 11.7. The topological polar surface area (TPSA) is 135 Å². The van der Waals surface area contributed by atoms with Crippen LogP contribution in [0.4, 0.5) is 5.82 Å². The molecule has 2 amide bonds. The van der Waals surface area contributed by atoms with Crippen molar-refractivity contribution < 1.29 is 14.7 Å². The summed E-state index contributed by atoms with van der Waals surface area (Å²) in [5.41, 5.74) is 13.2. The van der Waals surface area contributed by atoms with E-state index in [1.165, 1.54) is 4.90 Å². The highest BCUT2D eigenvalue weighted by Crippen LogP contribution is 2.36. The number of anilines is 1. The van der Waals surface area contributed by atoms with Gasteiger partial charge in [-0.2, -0.15) is 0 Å². The van der Waals surface area contributed by atoms with Gasteiger partial charge in [-0.25, -0.2) is 4.98 Å². The summed E-state index contributed by atoms with van der Waals surface area (Å²) in [5.74, 6) is -0.339. The van der Waals surface area contributed by atoms with Gasteiger partial charge in [0.1, 0.15) is 17.5 Å². The molecule has 8 heteroatoms. The standard InChI is InChI=1S/C27H31N5O3/c28-22(12-11-19-7-3-1-4-8-19)26(34)32-18-27(35,21-9-5-2-6-10-21)16-23(32)25(33)31-17-20-13-14-30-24(29)15-20/h1-10,13-15,22-23,35H,11-12,16-18,28H2,(H2,29,30)(H,31,33). The smallest absolute Gasteiger partial charge is 0.243 e. The number of aromatic nitrogens is 1. The average molecular weight is 474 g/mol. The van der Waals surface area contributed by atoms with Gasteiger partial charge >= 0.3 is 0 Å². The summed E-state index contributed by atoms with van der Waals surface area (Å²) in [4.78, 5) is 32.0. The van der Waals surface area contributed by atoms with Crippen molar-refractivity contribution in [3.05, 3.63) is 95.7 Å². The number of aryl methyl sites for hydroxylation is 1. The van der Waals surface area contributed by atoms with Crippen LogP contribution in [0.1, 0.15) is 29.5 Å². The summed E-state index contributed by atoms with van der Waals surface area (Å²) in [6, 6.07) is 20.7. The molecule has 1 aromatic heterocycles. The van der Waals surface area contributed by atoms with Crippen molar-refractivity contribution in [2.45, 2.75) is 43.5 Å². The van der Waals surface area contributed by atoms with Gasteiger partial charge in [0.15, 0.2) is 0 Å². The molecule has 1 aliphatic heterocycles. The van der Waals surface area contributed by atoms with Crippen LogP contribution in [0.3, 0.4) is 0 Å². The molecule has 0 spiro atoms. The van der Waals surface area contributed by atoms with E-state index >= 15 is 0 Å². The van der Waals surface area contributed by atoms with Crippen molar-refractivity contribution in [1.82, 2.24) is 15.2 Å². The predicted octanol–water partition coefficient (Wildman–Crippen LogP) is 1.73. The second-order valence-corrected chi connectivity index (χ2v) is 9.02. The summed E-state index contributed by atoms with van der Waals surface area (Å²) < 4.78 is 0. The van der Waals surface area contributed by atoms with Crippen molar-refractivity contribution in [2.24, 2.45) is 5.73 Å². The van der Waals surface area contributed by atoms with E-state index in [0.717, 1.165) is 11.1 Å². The van der Waals surface area contributed by atoms with E-state index in [1.54, 1.807) is 30.5 Å². The first-order chi connectivity index (χ1) is 16.9. The Labute approximate surface area is 205 Å². The molecule has 0 radical (unpaired) electrons. The van der Waals surface area contributed by atoms with E-state index in [0.29, 0.717) is 24.2 Å². The number of hydrogen-bond donors (Lipinski definition) is 4. The van der Waals surface area contributed by atoms with Crippen LogP contribution in [0.25, 0.3) is 0 Å². The molecule has 6 N–H and O–H groups in total. The molecule has 2 aromatic carbocycles. The van der Waals surface area contributed by atoms with Crippen molar-refractivity contribution >= 4 is 17.6 Å². The molecule has 2 heterocycles. The maximum absolute atomic E-state index is 13.4. The Kier molecular flexibility index (Phi) is 7.43. The lowest BCUT2D eigenvalue weighted by atomic mass is 9.91. The van der Waals surface area contributed by atoms with Gasteiger partial charge in [0, 0.05) is 19.2 Å². The van der Waals surface area contributed by atoms with Gasteiger partial charge in [0.25, 0.3) is 0 Å². The lowest BCUT2D eigenvalue weighted by Gasteiger charge is -2.27. The summed E-state index contributed by atoms with van der Waals surface area (Å²) in [6.07, 6.45) is 2.74. The molecule has 4 rings (SSSR count). The number of carbonyl (C=O) groups is 2. The third kappa shape index (κ3) is 5.85. The molecule has 35 heavy (non-hydrogen) atoms. The normalized spacial score (nSPS) is 20.4. The Morgan fingerprint density at radius 3 is 2.46 bits per heavy atom. The fraction of sp³-hybridized carbons (Fsp3) is 0.296. The SMILES string of the molecule is Nc1cc(CNC(=O)C2CC(O)(c3ccccc3)CN2C(=O)C(N)CCc2ccccc2)ccn1. The number of rotatable bonds is 8. The van der Waals surface area contributed by atoms with Gasteiger partial charge in [-0.1, -0.05) is 60.7 Å². The Morgan fingerprint density at radius 2 is 1.77 bits per heavy atom. The molecule has 1 fully saturated rings. The molecule has 0 aliphatic carbocycles. The number of β-amino-alcohol motifs (C(OH)–C–C–N with tert-alkyl or cyclic N) is 1. The van der Waals surface area contributed by atoms with Gasteiger partial charge in [0.05, 0.1) is 12.6 Å². The van der Waals surface area contributed by atoms with Crippen molar-refractivity contribution in [3.8, 4) is 0 Å². The van der Waals surface area contributed by atoms with Crippen LogP contribution in [-0.2, 0) is 28.2 Å². The first-order valence-electron chi connectivity index (χ1n) is 11.7. The van der Waals surface area contributed by atoms with Gasteiger partial charge in [-0.05, 0) is 41.7 Å². The van der Waals surface area contributed by atoms with Crippen molar-refractivity contribution in [3.63, 3.8) is 0 Å². The van der Waals surface area contributed by atoms with E-state index in [1.807, 2.05) is 48.5 Å². The molecular formula is C27H31N5O3. The molecule has 3 aromatic rings. The number of aliphatic hydroxyl groups is 1. The number of nitrogen functional groups attached to an aromatic ring is 1. The van der Waals surface area contributed by atoms with Gasteiger partial charge < -0.3 is 26.8 Å². The summed E-state index contributed by atoms with van der Waals surface area (Å²) in [6.45, 7) is 0.225. The fourth-order valence-electron chi connectivity index (χ4n) is 4.52. The zero-order valence-electron chi connectivity index (χ0n) is 19.5. The van der Waals surface area contributed by atoms with Gasteiger partial charge in [0.2, 0.25) is 11.8 Å². The number of amides is 2. The van der Waals surface area contributed by atoms with E-state index in [4.69, 9.17) is 11.5 Å². The van der Waals surface area contributed by atoms with Crippen LogP contribution in [0.2, 0.25) is 0 Å². The number of benzene rings is 2.